The van der Waals surface area contributed by atoms with Gasteiger partial charge < -0.3 is 20.5 Å². The third kappa shape index (κ3) is 6.32. The van der Waals surface area contributed by atoms with Gasteiger partial charge in [-0.1, -0.05) is 24.2 Å². The highest BCUT2D eigenvalue weighted by atomic mass is 35.5. The number of urea groups is 1. The number of nitrogens with one attached hydrogen (secondary N) is 2. The Hall–Kier alpha value is -2.21. The smallest absolute Gasteiger partial charge is 0.341 e. The lowest BCUT2D eigenvalue weighted by atomic mass is 10.3. The van der Waals surface area contributed by atoms with Gasteiger partial charge in [0.1, 0.15) is 5.75 Å². The van der Waals surface area contributed by atoms with Crippen LogP contribution < -0.4 is 15.4 Å². The van der Waals surface area contributed by atoms with Crippen LogP contribution in [0.15, 0.2) is 35.9 Å². The largest absolute Gasteiger partial charge is 0.482 e. The number of anilines is 1. The van der Waals surface area contributed by atoms with Crippen molar-refractivity contribution in [3.8, 4) is 5.75 Å². The summed E-state index contributed by atoms with van der Waals surface area (Å²) in [5.41, 5.74) is 0.473. The molecule has 0 heterocycles. The maximum atomic E-state index is 11.4. The van der Waals surface area contributed by atoms with Crippen LogP contribution >= 0.6 is 11.6 Å². The van der Waals surface area contributed by atoms with Gasteiger partial charge in [0.25, 0.3) is 0 Å². The van der Waals surface area contributed by atoms with Gasteiger partial charge in [-0.25, -0.2) is 9.59 Å². The van der Waals surface area contributed by atoms with Crippen molar-refractivity contribution in [2.75, 3.05) is 18.5 Å². The minimum absolute atomic E-state index is 0.155. The van der Waals surface area contributed by atoms with Gasteiger partial charge in [0, 0.05) is 16.8 Å². The van der Waals surface area contributed by atoms with E-state index in [1.807, 2.05) is 0 Å². The van der Waals surface area contributed by atoms with E-state index in [-0.39, 0.29) is 6.54 Å². The summed E-state index contributed by atoms with van der Waals surface area (Å²) < 4.78 is 4.98. The summed E-state index contributed by atoms with van der Waals surface area (Å²) in [4.78, 5) is 21.8. The van der Waals surface area contributed by atoms with Crippen molar-refractivity contribution in [2.24, 2.45) is 0 Å². The number of aliphatic carboxylic acids is 1. The first-order chi connectivity index (χ1) is 8.97. The molecular weight excluding hydrogens is 272 g/mol. The van der Waals surface area contributed by atoms with E-state index in [0.29, 0.717) is 16.5 Å². The van der Waals surface area contributed by atoms with Crippen molar-refractivity contribution in [1.29, 1.82) is 0 Å². The molecule has 0 spiro atoms. The molecule has 0 unspecified atom stereocenters. The Kier molecular flexibility index (Phi) is 5.69. The quantitative estimate of drug-likeness (QED) is 0.746. The molecule has 19 heavy (non-hydrogen) atoms. The van der Waals surface area contributed by atoms with Crippen molar-refractivity contribution in [1.82, 2.24) is 5.32 Å². The van der Waals surface area contributed by atoms with Crippen LogP contribution in [0, 0.1) is 0 Å². The number of hydrogen-bond acceptors (Lipinski definition) is 3. The number of halogens is 1. The van der Waals surface area contributed by atoms with Crippen LogP contribution in [0.2, 0.25) is 0 Å². The zero-order chi connectivity index (χ0) is 14.3. The van der Waals surface area contributed by atoms with E-state index in [2.05, 4.69) is 17.2 Å². The second-order valence-electron chi connectivity index (χ2n) is 3.54. The predicted molar refractivity (Wildman–Crippen MR) is 71.6 cm³/mol. The highest BCUT2D eigenvalue weighted by Gasteiger charge is 2.04. The number of ether oxygens (including phenoxy) is 1. The number of hydrogen-bond donors (Lipinski definition) is 3. The fourth-order valence-corrected chi connectivity index (χ4v) is 1.23. The van der Waals surface area contributed by atoms with Crippen molar-refractivity contribution >= 4 is 29.3 Å². The first kappa shape index (κ1) is 14.8. The van der Waals surface area contributed by atoms with E-state index >= 15 is 0 Å². The Labute approximate surface area is 115 Å². The van der Waals surface area contributed by atoms with Gasteiger partial charge in [-0.15, -0.1) is 0 Å². The third-order valence-electron chi connectivity index (χ3n) is 1.89. The monoisotopic (exact) mass is 284 g/mol. The minimum atomic E-state index is -1.07. The topological polar surface area (TPSA) is 87.7 Å². The molecule has 0 aliphatic carbocycles. The van der Waals surface area contributed by atoms with Crippen LogP contribution in [-0.2, 0) is 4.79 Å². The summed E-state index contributed by atoms with van der Waals surface area (Å²) in [7, 11) is 0. The molecule has 0 aliphatic heterocycles. The summed E-state index contributed by atoms with van der Waals surface area (Å²) in [6.07, 6.45) is 0. The Morgan fingerprint density at radius 1 is 1.42 bits per heavy atom. The number of carbonyl (C=O) groups is 2. The average molecular weight is 285 g/mol. The molecule has 7 heteroatoms. The Morgan fingerprint density at radius 2 is 2.16 bits per heavy atom. The molecule has 0 aliphatic rings. The SMILES string of the molecule is C=C(Cl)CNC(=O)Nc1cccc(OCC(=O)O)c1. The molecule has 1 aromatic rings. The normalized spacial score (nSPS) is 9.53. The van der Waals surface area contributed by atoms with Gasteiger partial charge in [0.15, 0.2) is 6.61 Å². The lowest BCUT2D eigenvalue weighted by Crippen LogP contribution is -2.29. The van der Waals surface area contributed by atoms with Crippen LogP contribution in [-0.4, -0.2) is 30.3 Å². The summed E-state index contributed by atoms with van der Waals surface area (Å²) in [5.74, 6) is -0.723. The van der Waals surface area contributed by atoms with Gasteiger partial charge in [-0.2, -0.15) is 0 Å². The molecule has 0 aromatic heterocycles. The van der Waals surface area contributed by atoms with Crippen LogP contribution in [0.3, 0.4) is 0 Å². The van der Waals surface area contributed by atoms with Gasteiger partial charge >= 0.3 is 12.0 Å². The second kappa shape index (κ2) is 7.27. The number of benzene rings is 1. The van der Waals surface area contributed by atoms with Gasteiger partial charge in [-0.05, 0) is 12.1 Å². The highest BCUT2D eigenvalue weighted by Crippen LogP contribution is 2.17. The molecule has 6 nitrogen and oxygen atoms in total. The molecule has 2 amide bonds. The van der Waals surface area contributed by atoms with E-state index in [0.717, 1.165) is 0 Å². The lowest BCUT2D eigenvalue weighted by Gasteiger charge is -2.08. The van der Waals surface area contributed by atoms with Gasteiger partial charge in [0.05, 0.1) is 6.54 Å². The Morgan fingerprint density at radius 3 is 2.79 bits per heavy atom. The zero-order valence-corrected chi connectivity index (χ0v) is 10.7. The number of rotatable bonds is 6. The molecule has 0 saturated carbocycles. The van der Waals surface area contributed by atoms with Gasteiger partial charge in [-0.3, -0.25) is 0 Å². The summed E-state index contributed by atoms with van der Waals surface area (Å²) >= 11 is 5.51. The van der Waals surface area contributed by atoms with Gasteiger partial charge in [0.2, 0.25) is 0 Å². The fourth-order valence-electron chi connectivity index (χ4n) is 1.16. The summed E-state index contributed by atoms with van der Waals surface area (Å²) in [6.45, 7) is 3.15. The van der Waals surface area contributed by atoms with Crippen molar-refractivity contribution in [3.05, 3.63) is 35.9 Å². The van der Waals surface area contributed by atoms with E-state index in [1.165, 1.54) is 6.07 Å². The van der Waals surface area contributed by atoms with Crippen molar-refractivity contribution in [3.63, 3.8) is 0 Å². The first-order valence-electron chi connectivity index (χ1n) is 5.30. The fraction of sp³-hybridized carbons (Fsp3) is 0.167. The summed E-state index contributed by atoms with van der Waals surface area (Å²) in [6, 6.07) is 5.93. The van der Waals surface area contributed by atoms with Crippen molar-refractivity contribution < 1.29 is 19.4 Å². The molecule has 0 atom stereocenters. The molecule has 0 bridgehead atoms. The molecule has 0 radical (unpaired) electrons. The average Bonchev–Trinajstić information content (AvgIpc) is 2.34. The molecule has 102 valence electrons. The molecule has 0 saturated heterocycles. The number of carbonyl (C=O) groups excluding carboxylic acids is 1. The Bertz CT molecular complexity index is 490. The lowest BCUT2D eigenvalue weighted by molar-refractivity contribution is -0.139. The first-order valence-corrected chi connectivity index (χ1v) is 5.68. The number of amides is 2. The number of carboxylic acid groups (broad SMARTS) is 1. The number of carboxylic acids is 1. The summed E-state index contributed by atoms with van der Waals surface area (Å²) in [5, 5.41) is 13.8. The molecular formula is C12H13ClN2O4. The van der Waals surface area contributed by atoms with Crippen LogP contribution in [0.4, 0.5) is 10.5 Å². The minimum Gasteiger partial charge on any atom is -0.482 e. The second-order valence-corrected chi connectivity index (χ2v) is 4.07. The third-order valence-corrected chi connectivity index (χ3v) is 2.03. The molecule has 1 aromatic carbocycles. The maximum Gasteiger partial charge on any atom is 0.341 e. The van der Waals surface area contributed by atoms with Crippen LogP contribution in [0.5, 0.6) is 5.75 Å². The van der Waals surface area contributed by atoms with Crippen LogP contribution in [0.1, 0.15) is 0 Å². The van der Waals surface area contributed by atoms with Crippen LogP contribution in [0.25, 0.3) is 0 Å². The van der Waals surface area contributed by atoms with Crippen molar-refractivity contribution in [2.45, 2.75) is 0 Å². The maximum absolute atomic E-state index is 11.4. The van der Waals surface area contributed by atoms with E-state index in [4.69, 9.17) is 21.4 Å². The predicted octanol–water partition coefficient (Wildman–Crippen LogP) is 2.02. The highest BCUT2D eigenvalue weighted by molar-refractivity contribution is 6.29. The zero-order valence-electron chi connectivity index (χ0n) is 9.98. The molecule has 3 N–H and O–H groups in total. The van der Waals surface area contributed by atoms with E-state index in [1.54, 1.807) is 18.2 Å². The Balaban J connectivity index is 2.54. The molecule has 0 fully saturated rings. The van der Waals surface area contributed by atoms with E-state index in [9.17, 15) is 9.59 Å². The van der Waals surface area contributed by atoms with E-state index < -0.39 is 18.6 Å². The molecule has 1 rings (SSSR count). The standard InChI is InChI=1S/C12H13ClN2O4/c1-8(13)6-14-12(18)15-9-3-2-4-10(5-9)19-7-11(16)17/h2-5H,1,6-7H2,(H,16,17)(H2,14,15,18).